The van der Waals surface area contributed by atoms with E-state index in [-0.39, 0.29) is 30.9 Å². The zero-order chi connectivity index (χ0) is 22.9. The van der Waals surface area contributed by atoms with Gasteiger partial charge >= 0.3 is 0 Å². The van der Waals surface area contributed by atoms with E-state index in [9.17, 15) is 9.59 Å². The third kappa shape index (κ3) is 6.47. The van der Waals surface area contributed by atoms with Gasteiger partial charge in [-0.15, -0.1) is 0 Å². The molecule has 0 spiro atoms. The van der Waals surface area contributed by atoms with E-state index in [0.29, 0.717) is 30.4 Å². The number of fused-ring (bicyclic) bond motifs is 1. The number of carbonyl (C=O) groups excluding carboxylic acids is 2. The molecule has 32 heavy (non-hydrogen) atoms. The summed E-state index contributed by atoms with van der Waals surface area (Å²) >= 11 is 0. The maximum absolute atomic E-state index is 12.6. The van der Waals surface area contributed by atoms with E-state index < -0.39 is 0 Å². The number of likely N-dealkylation sites (N-methyl/N-ethyl adjacent to an activating group) is 1. The number of nitrogens with one attached hydrogen (secondary N) is 3. The fourth-order valence-electron chi connectivity index (χ4n) is 4.09. The van der Waals surface area contributed by atoms with Crippen LogP contribution in [0.3, 0.4) is 0 Å². The molecule has 2 aromatic rings. The van der Waals surface area contributed by atoms with Gasteiger partial charge in [0.25, 0.3) is 11.8 Å². The van der Waals surface area contributed by atoms with Gasteiger partial charge in [-0.05, 0) is 56.4 Å². The number of benzene rings is 2. The fraction of sp³-hybridized carbons (Fsp3) is 0.440. The van der Waals surface area contributed by atoms with E-state index in [1.807, 2.05) is 33.0 Å². The lowest BCUT2D eigenvalue weighted by Crippen LogP contribution is -3.11. The van der Waals surface area contributed by atoms with Crippen LogP contribution in [0.25, 0.3) is 0 Å². The third-order valence-electron chi connectivity index (χ3n) is 5.46. The first-order valence-electron chi connectivity index (χ1n) is 11.4. The Morgan fingerprint density at radius 3 is 2.50 bits per heavy atom. The molecule has 0 saturated heterocycles. The van der Waals surface area contributed by atoms with Crippen molar-refractivity contribution in [2.75, 3.05) is 38.7 Å². The zero-order valence-corrected chi connectivity index (χ0v) is 19.2. The van der Waals surface area contributed by atoms with Crippen LogP contribution in [0, 0.1) is 0 Å². The maximum atomic E-state index is 12.6. The predicted molar refractivity (Wildman–Crippen MR) is 124 cm³/mol. The monoisotopic (exact) mass is 440 g/mol. The molecule has 2 aromatic carbocycles. The van der Waals surface area contributed by atoms with Crippen LogP contribution in [0.5, 0.6) is 11.5 Å². The second kappa shape index (κ2) is 11.5. The normalized spacial score (nSPS) is 15.9. The smallest absolute Gasteiger partial charge is 0.279 e. The van der Waals surface area contributed by atoms with E-state index in [0.717, 1.165) is 24.2 Å². The lowest BCUT2D eigenvalue weighted by molar-refractivity contribution is -0.862. The average Bonchev–Trinajstić information content (AvgIpc) is 2.76. The highest BCUT2D eigenvalue weighted by Crippen LogP contribution is 2.31. The van der Waals surface area contributed by atoms with Crippen molar-refractivity contribution in [1.29, 1.82) is 0 Å². The summed E-state index contributed by atoms with van der Waals surface area (Å²) in [4.78, 5) is 25.9. The van der Waals surface area contributed by atoms with Crippen LogP contribution in [0.4, 0.5) is 5.69 Å². The van der Waals surface area contributed by atoms with Gasteiger partial charge in [0, 0.05) is 11.8 Å². The van der Waals surface area contributed by atoms with E-state index in [4.69, 9.17) is 9.47 Å². The number of hydrogen-bond donors (Lipinski definition) is 3. The largest absolute Gasteiger partial charge is 0.490 e. The van der Waals surface area contributed by atoms with Crippen molar-refractivity contribution in [3.63, 3.8) is 0 Å². The van der Waals surface area contributed by atoms with Crippen LogP contribution < -0.4 is 25.0 Å². The summed E-state index contributed by atoms with van der Waals surface area (Å²) in [6.07, 6.45) is 3.07. The zero-order valence-electron chi connectivity index (χ0n) is 19.2. The van der Waals surface area contributed by atoms with Crippen molar-refractivity contribution < 1.29 is 24.0 Å². The van der Waals surface area contributed by atoms with Crippen LogP contribution in [0.15, 0.2) is 42.5 Å². The van der Waals surface area contributed by atoms with Crippen LogP contribution in [0.1, 0.15) is 43.9 Å². The Hall–Kier alpha value is -3.06. The van der Waals surface area contributed by atoms with Gasteiger partial charge in [0.15, 0.2) is 24.6 Å². The highest BCUT2D eigenvalue weighted by molar-refractivity contribution is 5.92. The molecule has 172 valence electrons. The van der Waals surface area contributed by atoms with Crippen molar-refractivity contribution >= 4 is 17.5 Å². The molecule has 7 nitrogen and oxygen atoms in total. The molecule has 0 heterocycles. The second-order valence-electron chi connectivity index (χ2n) is 8.10. The quantitative estimate of drug-likeness (QED) is 0.529. The van der Waals surface area contributed by atoms with Gasteiger partial charge in [-0.3, -0.25) is 9.59 Å². The lowest BCUT2D eigenvalue weighted by atomic mass is 9.88. The first-order valence-corrected chi connectivity index (χ1v) is 11.4. The van der Waals surface area contributed by atoms with Crippen molar-refractivity contribution in [3.8, 4) is 11.5 Å². The molecule has 3 N–H and O–H groups in total. The fourth-order valence-corrected chi connectivity index (χ4v) is 4.09. The standard InChI is InChI=1S/C25H33N3O4/c1-4-31-22-14-13-19(15-23(22)32-5-2)26-24(29)16-28(3)17-25(30)27-21-12-8-10-18-9-6-7-11-20(18)21/h6-7,9,11,13-15,21H,4-5,8,10,12,16-17H2,1-3H3,(H,26,29)(H,27,30)/p+1/t21-/m0/s1. The number of carbonyl (C=O) groups is 2. The number of hydrogen-bond acceptors (Lipinski definition) is 4. The Morgan fingerprint density at radius 2 is 1.72 bits per heavy atom. The summed E-state index contributed by atoms with van der Waals surface area (Å²) in [6.45, 7) is 5.27. The SMILES string of the molecule is CCOc1ccc(NC(=O)C[NH+](C)CC(=O)N[C@H]2CCCc3ccccc32)cc1OCC. The van der Waals surface area contributed by atoms with Crippen LogP contribution in [-0.4, -0.2) is 45.2 Å². The van der Waals surface area contributed by atoms with Crippen molar-refractivity contribution in [2.24, 2.45) is 0 Å². The van der Waals surface area contributed by atoms with E-state index in [2.05, 4.69) is 22.8 Å². The molecule has 1 unspecified atom stereocenters. The van der Waals surface area contributed by atoms with Gasteiger partial charge in [-0.2, -0.15) is 0 Å². The number of aryl methyl sites for hydroxylation is 1. The molecule has 1 aliphatic carbocycles. The summed E-state index contributed by atoms with van der Waals surface area (Å²) in [5, 5.41) is 6.03. The minimum absolute atomic E-state index is 0.0447. The molecule has 0 bridgehead atoms. The Morgan fingerprint density at radius 1 is 1.00 bits per heavy atom. The molecular weight excluding hydrogens is 406 g/mol. The maximum Gasteiger partial charge on any atom is 0.279 e. The number of amides is 2. The molecular formula is C25H34N3O4+. The van der Waals surface area contributed by atoms with Crippen molar-refractivity contribution in [3.05, 3.63) is 53.6 Å². The molecule has 2 amide bonds. The minimum atomic E-state index is -0.162. The molecule has 0 fully saturated rings. The average molecular weight is 441 g/mol. The predicted octanol–water partition coefficient (Wildman–Crippen LogP) is 2.13. The molecule has 7 heteroatoms. The molecule has 3 rings (SSSR count). The van der Waals surface area contributed by atoms with Gasteiger partial charge in [0.05, 0.1) is 26.3 Å². The van der Waals surface area contributed by atoms with Crippen LogP contribution in [-0.2, 0) is 16.0 Å². The van der Waals surface area contributed by atoms with Crippen molar-refractivity contribution in [1.82, 2.24) is 5.32 Å². The first-order chi connectivity index (χ1) is 15.5. The molecule has 0 aliphatic heterocycles. The van der Waals surface area contributed by atoms with Crippen molar-refractivity contribution in [2.45, 2.75) is 39.2 Å². The van der Waals surface area contributed by atoms with E-state index >= 15 is 0 Å². The molecule has 0 saturated carbocycles. The van der Waals surface area contributed by atoms with Crippen LogP contribution >= 0.6 is 0 Å². The number of rotatable bonds is 10. The molecule has 0 aromatic heterocycles. The van der Waals surface area contributed by atoms with Gasteiger partial charge in [-0.1, -0.05) is 24.3 Å². The number of quaternary nitrogens is 1. The third-order valence-corrected chi connectivity index (χ3v) is 5.46. The summed E-state index contributed by atoms with van der Waals surface area (Å²) in [5.74, 6) is 1.04. The highest BCUT2D eigenvalue weighted by atomic mass is 16.5. The molecule has 2 atom stereocenters. The molecule has 1 aliphatic rings. The van der Waals surface area contributed by atoms with Gasteiger partial charge in [-0.25, -0.2) is 0 Å². The first kappa shape index (κ1) is 23.6. The van der Waals surface area contributed by atoms with Crippen LogP contribution in [0.2, 0.25) is 0 Å². The summed E-state index contributed by atoms with van der Waals surface area (Å²) in [7, 11) is 1.85. The summed E-state index contributed by atoms with van der Waals surface area (Å²) in [6, 6.07) is 13.7. The number of anilines is 1. The topological polar surface area (TPSA) is 81.1 Å². The second-order valence-corrected chi connectivity index (χ2v) is 8.10. The summed E-state index contributed by atoms with van der Waals surface area (Å²) in [5.41, 5.74) is 3.16. The van der Waals surface area contributed by atoms with E-state index in [1.165, 1.54) is 11.1 Å². The summed E-state index contributed by atoms with van der Waals surface area (Å²) < 4.78 is 11.2. The van der Waals surface area contributed by atoms with Gasteiger partial charge < -0.3 is 25.0 Å². The minimum Gasteiger partial charge on any atom is -0.490 e. The Balaban J connectivity index is 1.51. The van der Waals surface area contributed by atoms with Gasteiger partial charge in [0.1, 0.15) is 0 Å². The number of ether oxygens (including phenoxy) is 2. The van der Waals surface area contributed by atoms with E-state index in [1.54, 1.807) is 18.2 Å². The lowest BCUT2D eigenvalue weighted by Gasteiger charge is -2.26. The van der Waals surface area contributed by atoms with Gasteiger partial charge in [0.2, 0.25) is 0 Å². The molecule has 0 radical (unpaired) electrons. The Bertz CT molecular complexity index is 931. The Kier molecular flexibility index (Phi) is 8.50. The Labute approximate surface area is 190 Å². The highest BCUT2D eigenvalue weighted by Gasteiger charge is 2.23.